The van der Waals surface area contributed by atoms with Crippen LogP contribution in [0.25, 0.3) is 10.8 Å². The van der Waals surface area contributed by atoms with Crippen molar-refractivity contribution in [2.45, 2.75) is 12.5 Å². The molecule has 0 saturated carbocycles. The first-order valence-electron chi connectivity index (χ1n) is 6.81. The predicted molar refractivity (Wildman–Crippen MR) is 87.0 cm³/mol. The molecule has 0 saturated heterocycles. The fourth-order valence-corrected chi connectivity index (χ4v) is 2.81. The molecule has 0 aliphatic carbocycles. The highest BCUT2D eigenvalue weighted by Gasteiger charge is 2.13. The van der Waals surface area contributed by atoms with E-state index in [0.717, 1.165) is 33.3 Å². The summed E-state index contributed by atoms with van der Waals surface area (Å²) in [6.45, 7) is 0. The molecule has 1 heterocycles. The Labute approximate surface area is 128 Å². The Balaban J connectivity index is 1.98. The number of nitrogens with one attached hydrogen (secondary N) is 1. The molecule has 106 valence electrons. The summed E-state index contributed by atoms with van der Waals surface area (Å²) in [7, 11) is 0. The Morgan fingerprint density at radius 2 is 2.00 bits per heavy atom. The molecule has 0 aliphatic rings. The van der Waals surface area contributed by atoms with Crippen LogP contribution in [-0.2, 0) is 6.42 Å². The quantitative estimate of drug-likeness (QED) is 0.571. The van der Waals surface area contributed by atoms with Crippen molar-refractivity contribution in [1.82, 2.24) is 10.4 Å². The lowest BCUT2D eigenvalue weighted by atomic mass is 9.95. The number of nitrogens with zero attached hydrogens (tertiary/aromatic N) is 1. The number of hydrazine groups is 1. The lowest BCUT2D eigenvalue weighted by molar-refractivity contribution is 0.555. The standard InChI is InChI=1S/C17H16ClN3/c18-14-5-1-3-12(9-14)10-17(21-19)15-6-2-4-13-7-8-20-11-16(13)15/h1-9,11,17,21H,10,19H2. The van der Waals surface area contributed by atoms with Crippen LogP contribution >= 0.6 is 11.6 Å². The van der Waals surface area contributed by atoms with Crippen LogP contribution < -0.4 is 11.3 Å². The molecule has 0 fully saturated rings. The van der Waals surface area contributed by atoms with Crippen LogP contribution in [0.15, 0.2) is 60.9 Å². The average molecular weight is 298 g/mol. The van der Waals surface area contributed by atoms with Gasteiger partial charge in [-0.3, -0.25) is 16.3 Å². The molecular weight excluding hydrogens is 282 g/mol. The van der Waals surface area contributed by atoms with Crippen LogP contribution in [-0.4, -0.2) is 4.98 Å². The number of nitrogens with two attached hydrogens (primary N) is 1. The molecule has 1 unspecified atom stereocenters. The zero-order chi connectivity index (χ0) is 14.7. The van der Waals surface area contributed by atoms with Crippen molar-refractivity contribution in [1.29, 1.82) is 0 Å². The van der Waals surface area contributed by atoms with Gasteiger partial charge in [-0.15, -0.1) is 0 Å². The van der Waals surface area contributed by atoms with Crippen molar-refractivity contribution >= 4 is 22.4 Å². The maximum atomic E-state index is 6.05. The fraction of sp³-hybridized carbons (Fsp3) is 0.118. The number of fused-ring (bicyclic) bond motifs is 1. The van der Waals surface area contributed by atoms with Gasteiger partial charge in [0.25, 0.3) is 0 Å². The van der Waals surface area contributed by atoms with Crippen molar-refractivity contribution in [3.8, 4) is 0 Å². The molecule has 1 atom stereocenters. The zero-order valence-electron chi connectivity index (χ0n) is 11.5. The molecule has 0 radical (unpaired) electrons. The second kappa shape index (κ2) is 6.22. The van der Waals surface area contributed by atoms with Gasteiger partial charge in [0.15, 0.2) is 0 Å². The van der Waals surface area contributed by atoms with Crippen LogP contribution in [0.4, 0.5) is 0 Å². The maximum Gasteiger partial charge on any atom is 0.0507 e. The summed E-state index contributed by atoms with van der Waals surface area (Å²) < 4.78 is 0. The number of hydrogen-bond acceptors (Lipinski definition) is 3. The molecule has 0 amide bonds. The van der Waals surface area contributed by atoms with E-state index < -0.39 is 0 Å². The third-order valence-corrected chi connectivity index (χ3v) is 3.86. The van der Waals surface area contributed by atoms with E-state index in [1.165, 1.54) is 0 Å². The van der Waals surface area contributed by atoms with Gasteiger partial charge in [0.05, 0.1) is 6.04 Å². The first kappa shape index (κ1) is 14.0. The molecule has 3 rings (SSSR count). The smallest absolute Gasteiger partial charge is 0.0507 e. The molecule has 3 nitrogen and oxygen atoms in total. The van der Waals surface area contributed by atoms with E-state index in [1.807, 2.05) is 36.5 Å². The minimum atomic E-state index is 0.0105. The summed E-state index contributed by atoms with van der Waals surface area (Å²) in [6, 6.07) is 16.1. The minimum absolute atomic E-state index is 0.0105. The summed E-state index contributed by atoms with van der Waals surface area (Å²) in [5.74, 6) is 5.78. The summed E-state index contributed by atoms with van der Waals surface area (Å²) in [4.78, 5) is 4.22. The molecule has 0 aliphatic heterocycles. The first-order chi connectivity index (χ1) is 10.3. The number of rotatable bonds is 4. The van der Waals surface area contributed by atoms with Crippen molar-refractivity contribution < 1.29 is 0 Å². The molecular formula is C17H16ClN3. The molecule has 3 aromatic rings. The van der Waals surface area contributed by atoms with E-state index >= 15 is 0 Å². The van der Waals surface area contributed by atoms with E-state index in [1.54, 1.807) is 6.20 Å². The monoisotopic (exact) mass is 297 g/mol. The largest absolute Gasteiger partial charge is 0.271 e. The highest BCUT2D eigenvalue weighted by Crippen LogP contribution is 2.26. The van der Waals surface area contributed by atoms with Gasteiger partial charge in [-0.2, -0.15) is 0 Å². The van der Waals surface area contributed by atoms with E-state index in [2.05, 4.69) is 28.6 Å². The molecule has 1 aromatic heterocycles. The Hall–Kier alpha value is -1.94. The van der Waals surface area contributed by atoms with Gasteiger partial charge in [0.2, 0.25) is 0 Å². The lowest BCUT2D eigenvalue weighted by Crippen LogP contribution is -2.29. The van der Waals surface area contributed by atoms with Crippen molar-refractivity contribution in [3.05, 3.63) is 77.1 Å². The number of benzene rings is 2. The number of pyridine rings is 1. The summed E-state index contributed by atoms with van der Waals surface area (Å²) >= 11 is 6.05. The van der Waals surface area contributed by atoms with E-state index in [-0.39, 0.29) is 6.04 Å². The van der Waals surface area contributed by atoms with E-state index in [4.69, 9.17) is 17.4 Å². The van der Waals surface area contributed by atoms with Crippen molar-refractivity contribution in [3.63, 3.8) is 0 Å². The second-order valence-electron chi connectivity index (χ2n) is 5.00. The van der Waals surface area contributed by atoms with E-state index in [0.29, 0.717) is 0 Å². The second-order valence-corrected chi connectivity index (χ2v) is 5.43. The SMILES string of the molecule is NNC(Cc1cccc(Cl)c1)c1cccc2ccncc12. The third-order valence-electron chi connectivity index (χ3n) is 3.62. The molecule has 4 heteroatoms. The number of hydrogen-bond donors (Lipinski definition) is 2. The van der Waals surface area contributed by atoms with E-state index in [9.17, 15) is 0 Å². The molecule has 21 heavy (non-hydrogen) atoms. The highest BCUT2D eigenvalue weighted by atomic mass is 35.5. The van der Waals surface area contributed by atoms with Gasteiger partial charge in [0.1, 0.15) is 0 Å². The molecule has 3 N–H and O–H groups in total. The molecule has 0 bridgehead atoms. The Bertz CT molecular complexity index is 752. The van der Waals surface area contributed by atoms with Gasteiger partial charge < -0.3 is 0 Å². The van der Waals surface area contributed by atoms with Gasteiger partial charge in [-0.1, -0.05) is 41.9 Å². The lowest BCUT2D eigenvalue weighted by Gasteiger charge is -2.18. The van der Waals surface area contributed by atoms with Crippen LogP contribution in [0.2, 0.25) is 5.02 Å². The Morgan fingerprint density at radius 1 is 1.14 bits per heavy atom. The van der Waals surface area contributed by atoms with Gasteiger partial charge in [-0.05, 0) is 41.1 Å². The fourth-order valence-electron chi connectivity index (χ4n) is 2.60. The van der Waals surface area contributed by atoms with Crippen LogP contribution in [0.3, 0.4) is 0 Å². The first-order valence-corrected chi connectivity index (χ1v) is 7.19. The van der Waals surface area contributed by atoms with Gasteiger partial charge >= 0.3 is 0 Å². The number of aromatic nitrogens is 1. The normalized spacial score (nSPS) is 12.5. The summed E-state index contributed by atoms with van der Waals surface area (Å²) in [6.07, 6.45) is 4.45. The minimum Gasteiger partial charge on any atom is -0.271 e. The predicted octanol–water partition coefficient (Wildman–Crippen LogP) is 3.64. The van der Waals surface area contributed by atoms with Crippen LogP contribution in [0.5, 0.6) is 0 Å². The summed E-state index contributed by atoms with van der Waals surface area (Å²) in [5.41, 5.74) is 5.19. The van der Waals surface area contributed by atoms with Gasteiger partial charge in [-0.25, -0.2) is 0 Å². The third kappa shape index (κ3) is 3.05. The Morgan fingerprint density at radius 3 is 2.81 bits per heavy atom. The average Bonchev–Trinajstić information content (AvgIpc) is 2.52. The number of halogens is 1. The summed E-state index contributed by atoms with van der Waals surface area (Å²) in [5, 5.41) is 3.02. The molecule has 2 aromatic carbocycles. The highest BCUT2D eigenvalue weighted by molar-refractivity contribution is 6.30. The van der Waals surface area contributed by atoms with Crippen molar-refractivity contribution in [2.24, 2.45) is 5.84 Å². The Kier molecular flexibility index (Phi) is 4.15. The van der Waals surface area contributed by atoms with Gasteiger partial charge in [0, 0.05) is 22.8 Å². The maximum absolute atomic E-state index is 6.05. The molecule has 0 spiro atoms. The van der Waals surface area contributed by atoms with Crippen molar-refractivity contribution in [2.75, 3.05) is 0 Å². The van der Waals surface area contributed by atoms with Crippen LogP contribution in [0, 0.1) is 0 Å². The zero-order valence-corrected chi connectivity index (χ0v) is 12.2. The topological polar surface area (TPSA) is 50.9 Å². The van der Waals surface area contributed by atoms with Crippen LogP contribution in [0.1, 0.15) is 17.2 Å².